The van der Waals surface area contributed by atoms with Crippen LogP contribution in [0.15, 0.2) is 29.2 Å². The second kappa shape index (κ2) is 7.17. The maximum absolute atomic E-state index is 11.0. The van der Waals surface area contributed by atoms with Crippen molar-refractivity contribution in [3.63, 3.8) is 0 Å². The number of thioether (sulfide) groups is 1. The number of phenols is 1. The van der Waals surface area contributed by atoms with Crippen LogP contribution in [0.25, 0.3) is 0 Å². The molecular formula is C12H16O3S. The molecule has 1 aromatic carbocycles. The van der Waals surface area contributed by atoms with E-state index < -0.39 is 0 Å². The van der Waals surface area contributed by atoms with Gasteiger partial charge in [0.05, 0.1) is 6.61 Å². The van der Waals surface area contributed by atoms with E-state index in [9.17, 15) is 4.79 Å². The Kier molecular flexibility index (Phi) is 5.78. The van der Waals surface area contributed by atoms with Crippen molar-refractivity contribution in [2.75, 3.05) is 12.4 Å². The van der Waals surface area contributed by atoms with Gasteiger partial charge in [-0.25, -0.2) is 0 Å². The Morgan fingerprint density at radius 2 is 2.06 bits per heavy atom. The number of esters is 1. The zero-order chi connectivity index (χ0) is 11.8. The molecule has 0 aliphatic rings. The highest BCUT2D eigenvalue weighted by Gasteiger charge is 2.01. The molecule has 0 amide bonds. The van der Waals surface area contributed by atoms with E-state index in [1.54, 1.807) is 23.9 Å². The highest BCUT2D eigenvalue weighted by atomic mass is 32.2. The van der Waals surface area contributed by atoms with Crippen molar-refractivity contribution < 1.29 is 14.6 Å². The summed E-state index contributed by atoms with van der Waals surface area (Å²) in [6.07, 6.45) is 1.28. The largest absolute Gasteiger partial charge is 0.508 e. The Morgan fingerprint density at radius 1 is 1.38 bits per heavy atom. The Hall–Kier alpha value is -1.16. The van der Waals surface area contributed by atoms with Crippen LogP contribution in [-0.4, -0.2) is 23.4 Å². The standard InChI is InChI=1S/C12H16O3S/c1-2-15-12(14)4-3-9-16-11-7-5-10(13)6-8-11/h5-8,13H,2-4,9H2,1H3. The summed E-state index contributed by atoms with van der Waals surface area (Å²) in [5, 5.41) is 9.09. The molecule has 0 aliphatic heterocycles. The number of phenolic OH excluding ortho intramolecular Hbond substituents is 1. The molecule has 0 aromatic heterocycles. The average Bonchev–Trinajstić information content (AvgIpc) is 2.27. The van der Waals surface area contributed by atoms with Crippen LogP contribution in [0.5, 0.6) is 5.75 Å². The summed E-state index contributed by atoms with van der Waals surface area (Å²) >= 11 is 1.67. The number of ether oxygens (including phenoxy) is 1. The Labute approximate surface area is 99.8 Å². The minimum absolute atomic E-state index is 0.131. The molecule has 0 heterocycles. The summed E-state index contributed by atoms with van der Waals surface area (Å²) in [5.74, 6) is 1.02. The van der Waals surface area contributed by atoms with E-state index in [2.05, 4.69) is 0 Å². The second-order valence-corrected chi connectivity index (χ2v) is 4.42. The molecular weight excluding hydrogens is 224 g/mol. The number of hydrogen-bond donors (Lipinski definition) is 1. The maximum Gasteiger partial charge on any atom is 0.305 e. The van der Waals surface area contributed by atoms with Gasteiger partial charge < -0.3 is 9.84 Å². The number of rotatable bonds is 6. The minimum Gasteiger partial charge on any atom is -0.508 e. The topological polar surface area (TPSA) is 46.5 Å². The summed E-state index contributed by atoms with van der Waals surface area (Å²) < 4.78 is 4.83. The fraction of sp³-hybridized carbons (Fsp3) is 0.417. The summed E-state index contributed by atoms with van der Waals surface area (Å²) in [6, 6.07) is 7.05. The number of carbonyl (C=O) groups is 1. The first kappa shape index (κ1) is 12.9. The van der Waals surface area contributed by atoms with Gasteiger partial charge in [0.2, 0.25) is 0 Å². The van der Waals surface area contributed by atoms with Crippen LogP contribution in [0.4, 0.5) is 0 Å². The van der Waals surface area contributed by atoms with Gasteiger partial charge in [0.1, 0.15) is 5.75 Å². The van der Waals surface area contributed by atoms with Crippen LogP contribution in [0.2, 0.25) is 0 Å². The molecule has 1 N–H and O–H groups in total. The first-order chi connectivity index (χ1) is 7.72. The first-order valence-electron chi connectivity index (χ1n) is 5.30. The average molecular weight is 240 g/mol. The van der Waals surface area contributed by atoms with Crippen molar-refractivity contribution in [1.29, 1.82) is 0 Å². The molecule has 3 nitrogen and oxygen atoms in total. The fourth-order valence-corrected chi connectivity index (χ4v) is 2.03. The van der Waals surface area contributed by atoms with Gasteiger partial charge >= 0.3 is 5.97 Å². The lowest BCUT2D eigenvalue weighted by Gasteiger charge is -2.02. The molecule has 88 valence electrons. The van der Waals surface area contributed by atoms with E-state index in [4.69, 9.17) is 9.84 Å². The van der Waals surface area contributed by atoms with E-state index in [-0.39, 0.29) is 11.7 Å². The number of carbonyl (C=O) groups excluding carboxylic acids is 1. The molecule has 0 unspecified atom stereocenters. The quantitative estimate of drug-likeness (QED) is 0.472. The van der Waals surface area contributed by atoms with Crippen molar-refractivity contribution >= 4 is 17.7 Å². The molecule has 4 heteroatoms. The smallest absolute Gasteiger partial charge is 0.305 e. The summed E-state index contributed by atoms with van der Waals surface area (Å²) in [4.78, 5) is 12.1. The maximum atomic E-state index is 11.0. The third-order valence-corrected chi connectivity index (χ3v) is 3.03. The molecule has 0 atom stereocenters. The van der Waals surface area contributed by atoms with Crippen molar-refractivity contribution in [2.24, 2.45) is 0 Å². The van der Waals surface area contributed by atoms with Gasteiger partial charge in [0.25, 0.3) is 0 Å². The van der Waals surface area contributed by atoms with Crippen molar-refractivity contribution in [3.05, 3.63) is 24.3 Å². The van der Waals surface area contributed by atoms with E-state index in [1.165, 1.54) is 0 Å². The number of aromatic hydroxyl groups is 1. The third kappa shape index (κ3) is 5.07. The minimum atomic E-state index is -0.131. The normalized spacial score (nSPS) is 10.1. The predicted molar refractivity (Wildman–Crippen MR) is 64.7 cm³/mol. The monoisotopic (exact) mass is 240 g/mol. The highest BCUT2D eigenvalue weighted by Crippen LogP contribution is 2.21. The summed E-state index contributed by atoms with van der Waals surface area (Å²) in [6.45, 7) is 2.26. The van der Waals surface area contributed by atoms with Gasteiger partial charge in [-0.05, 0) is 43.4 Å². The van der Waals surface area contributed by atoms with Crippen molar-refractivity contribution in [1.82, 2.24) is 0 Å². The van der Waals surface area contributed by atoms with Crippen LogP contribution in [-0.2, 0) is 9.53 Å². The zero-order valence-electron chi connectivity index (χ0n) is 9.31. The van der Waals surface area contributed by atoms with Crippen LogP contribution in [0.3, 0.4) is 0 Å². The predicted octanol–water partition coefficient (Wildman–Crippen LogP) is 2.83. The Morgan fingerprint density at radius 3 is 2.69 bits per heavy atom. The van der Waals surface area contributed by atoms with Gasteiger partial charge in [-0.1, -0.05) is 0 Å². The lowest BCUT2D eigenvalue weighted by Crippen LogP contribution is -2.03. The Balaban J connectivity index is 2.16. The molecule has 0 bridgehead atoms. The molecule has 0 radical (unpaired) electrons. The van der Waals surface area contributed by atoms with Gasteiger partial charge in [-0.3, -0.25) is 4.79 Å². The van der Waals surface area contributed by atoms with E-state index in [0.29, 0.717) is 13.0 Å². The van der Waals surface area contributed by atoms with Gasteiger partial charge in [-0.15, -0.1) is 11.8 Å². The summed E-state index contributed by atoms with van der Waals surface area (Å²) in [5.41, 5.74) is 0. The Bertz CT molecular complexity index is 322. The van der Waals surface area contributed by atoms with E-state index in [1.807, 2.05) is 19.1 Å². The van der Waals surface area contributed by atoms with Crippen LogP contribution < -0.4 is 0 Å². The van der Waals surface area contributed by atoms with Crippen molar-refractivity contribution in [2.45, 2.75) is 24.7 Å². The van der Waals surface area contributed by atoms with Gasteiger partial charge in [0, 0.05) is 11.3 Å². The van der Waals surface area contributed by atoms with Crippen LogP contribution in [0, 0.1) is 0 Å². The zero-order valence-corrected chi connectivity index (χ0v) is 10.1. The molecule has 1 rings (SSSR count). The lowest BCUT2D eigenvalue weighted by molar-refractivity contribution is -0.143. The van der Waals surface area contributed by atoms with E-state index in [0.717, 1.165) is 17.1 Å². The molecule has 0 fully saturated rings. The molecule has 1 aromatic rings. The van der Waals surface area contributed by atoms with Gasteiger partial charge in [0.15, 0.2) is 0 Å². The van der Waals surface area contributed by atoms with Crippen molar-refractivity contribution in [3.8, 4) is 5.75 Å². The number of benzene rings is 1. The molecule has 0 saturated heterocycles. The lowest BCUT2D eigenvalue weighted by atomic mass is 10.3. The van der Waals surface area contributed by atoms with Crippen LogP contribution in [0.1, 0.15) is 19.8 Å². The summed E-state index contributed by atoms with van der Waals surface area (Å²) in [7, 11) is 0. The highest BCUT2D eigenvalue weighted by molar-refractivity contribution is 7.99. The SMILES string of the molecule is CCOC(=O)CCCSc1ccc(O)cc1. The second-order valence-electron chi connectivity index (χ2n) is 3.25. The van der Waals surface area contributed by atoms with Gasteiger partial charge in [-0.2, -0.15) is 0 Å². The molecule has 0 spiro atoms. The van der Waals surface area contributed by atoms with Crippen LogP contribution >= 0.6 is 11.8 Å². The fourth-order valence-electron chi connectivity index (χ4n) is 1.18. The van der Waals surface area contributed by atoms with E-state index >= 15 is 0 Å². The molecule has 16 heavy (non-hydrogen) atoms. The molecule has 0 aliphatic carbocycles. The number of hydrogen-bond acceptors (Lipinski definition) is 4. The third-order valence-electron chi connectivity index (χ3n) is 1.94. The first-order valence-corrected chi connectivity index (χ1v) is 6.28. The molecule has 0 saturated carbocycles.